The number of aromatic nitrogens is 3. The van der Waals surface area contributed by atoms with E-state index in [9.17, 15) is 4.79 Å². The van der Waals surface area contributed by atoms with Crippen molar-refractivity contribution < 1.29 is 9.90 Å². The molecule has 0 atom stereocenters. The maximum absolute atomic E-state index is 10.7. The average Bonchev–Trinajstić information content (AvgIpc) is 2.43. The Morgan fingerprint density at radius 1 is 1.54 bits per heavy atom. The second kappa shape index (κ2) is 2.70. The van der Waals surface area contributed by atoms with Crippen molar-refractivity contribution in [3.05, 3.63) is 29.2 Å². The van der Waals surface area contributed by atoms with Crippen LogP contribution in [0.25, 0.3) is 5.65 Å². The van der Waals surface area contributed by atoms with Gasteiger partial charge in [0.15, 0.2) is 11.3 Å². The van der Waals surface area contributed by atoms with Crippen LogP contribution in [-0.4, -0.2) is 25.7 Å². The molecule has 0 spiro atoms. The fourth-order valence-electron chi connectivity index (χ4n) is 1.04. The van der Waals surface area contributed by atoms with Crippen molar-refractivity contribution >= 4 is 23.2 Å². The van der Waals surface area contributed by atoms with Crippen molar-refractivity contribution in [1.29, 1.82) is 0 Å². The summed E-state index contributed by atoms with van der Waals surface area (Å²) in [5.41, 5.74) is 0.460. The number of nitrogens with zero attached hydrogens (tertiary/aromatic N) is 3. The SMILES string of the molecule is O=C(O)c1cccc2nc(Cl)nn12. The first-order valence-electron chi connectivity index (χ1n) is 3.43. The number of rotatable bonds is 1. The number of hydrogen-bond acceptors (Lipinski definition) is 3. The first kappa shape index (κ1) is 8.00. The maximum atomic E-state index is 10.7. The van der Waals surface area contributed by atoms with Crippen molar-refractivity contribution in [2.45, 2.75) is 0 Å². The van der Waals surface area contributed by atoms with Crippen LogP contribution in [0.15, 0.2) is 18.2 Å². The quantitative estimate of drug-likeness (QED) is 0.743. The number of pyridine rings is 1. The zero-order valence-corrected chi connectivity index (χ0v) is 7.06. The van der Waals surface area contributed by atoms with Crippen LogP contribution in [-0.2, 0) is 0 Å². The minimum Gasteiger partial charge on any atom is -0.477 e. The van der Waals surface area contributed by atoms with Gasteiger partial charge in [-0.2, -0.15) is 4.98 Å². The smallest absolute Gasteiger partial charge is 0.354 e. The lowest BCUT2D eigenvalue weighted by atomic mass is 10.3. The number of carboxylic acids is 1. The van der Waals surface area contributed by atoms with E-state index in [1.807, 2.05) is 0 Å². The highest BCUT2D eigenvalue weighted by Gasteiger charge is 2.10. The average molecular weight is 198 g/mol. The summed E-state index contributed by atoms with van der Waals surface area (Å²) in [6.07, 6.45) is 0. The Hall–Kier alpha value is -1.62. The van der Waals surface area contributed by atoms with Gasteiger partial charge in [-0.05, 0) is 23.7 Å². The molecule has 2 aromatic heterocycles. The fraction of sp³-hybridized carbons (Fsp3) is 0. The van der Waals surface area contributed by atoms with Gasteiger partial charge in [0.1, 0.15) is 0 Å². The topological polar surface area (TPSA) is 67.5 Å². The van der Waals surface area contributed by atoms with Gasteiger partial charge in [0.05, 0.1) is 0 Å². The lowest BCUT2D eigenvalue weighted by molar-refractivity contribution is 0.0687. The molecule has 0 aliphatic carbocycles. The lowest BCUT2D eigenvalue weighted by Gasteiger charge is -1.95. The molecule has 0 radical (unpaired) electrons. The number of fused-ring (bicyclic) bond motifs is 1. The maximum Gasteiger partial charge on any atom is 0.354 e. The van der Waals surface area contributed by atoms with E-state index in [1.165, 1.54) is 10.6 Å². The molecular weight excluding hydrogens is 194 g/mol. The summed E-state index contributed by atoms with van der Waals surface area (Å²) in [5, 5.41) is 12.5. The molecule has 0 aliphatic rings. The third kappa shape index (κ3) is 1.23. The van der Waals surface area contributed by atoms with Crippen molar-refractivity contribution in [2.75, 3.05) is 0 Å². The van der Waals surface area contributed by atoms with Crippen LogP contribution in [0.3, 0.4) is 0 Å². The van der Waals surface area contributed by atoms with E-state index < -0.39 is 5.97 Å². The molecule has 0 bridgehead atoms. The summed E-state index contributed by atoms with van der Waals surface area (Å²) >= 11 is 5.52. The Balaban J connectivity index is 2.82. The molecule has 2 heterocycles. The molecule has 0 amide bonds. The first-order valence-corrected chi connectivity index (χ1v) is 3.81. The van der Waals surface area contributed by atoms with Crippen molar-refractivity contribution in [1.82, 2.24) is 14.6 Å². The Kier molecular flexibility index (Phi) is 1.66. The molecule has 0 saturated carbocycles. The van der Waals surface area contributed by atoms with Gasteiger partial charge in [-0.15, -0.1) is 5.10 Å². The zero-order valence-electron chi connectivity index (χ0n) is 6.31. The summed E-state index contributed by atoms with van der Waals surface area (Å²) in [5.74, 6) is -1.06. The third-order valence-corrected chi connectivity index (χ3v) is 1.71. The highest BCUT2D eigenvalue weighted by Crippen LogP contribution is 2.08. The van der Waals surface area contributed by atoms with Crippen molar-refractivity contribution in [2.24, 2.45) is 0 Å². The normalized spacial score (nSPS) is 10.5. The van der Waals surface area contributed by atoms with Crippen LogP contribution < -0.4 is 0 Å². The van der Waals surface area contributed by atoms with Gasteiger partial charge >= 0.3 is 5.97 Å². The third-order valence-electron chi connectivity index (χ3n) is 1.55. The Morgan fingerprint density at radius 2 is 2.31 bits per heavy atom. The van der Waals surface area contributed by atoms with Crippen LogP contribution in [0.4, 0.5) is 0 Å². The molecule has 2 rings (SSSR count). The second-order valence-corrected chi connectivity index (χ2v) is 2.71. The molecular formula is C7H4ClN3O2. The largest absolute Gasteiger partial charge is 0.477 e. The zero-order chi connectivity index (χ0) is 9.42. The van der Waals surface area contributed by atoms with Gasteiger partial charge in [0.25, 0.3) is 0 Å². The van der Waals surface area contributed by atoms with E-state index in [-0.39, 0.29) is 11.0 Å². The van der Waals surface area contributed by atoms with Crippen molar-refractivity contribution in [3.8, 4) is 0 Å². The molecule has 0 aliphatic heterocycles. The predicted molar refractivity (Wildman–Crippen MR) is 45.0 cm³/mol. The summed E-state index contributed by atoms with van der Waals surface area (Å²) in [4.78, 5) is 14.5. The number of halogens is 1. The molecule has 0 fully saturated rings. The summed E-state index contributed by atoms with van der Waals surface area (Å²) in [7, 11) is 0. The number of carboxylic acid groups (broad SMARTS) is 1. The monoisotopic (exact) mass is 197 g/mol. The van der Waals surface area contributed by atoms with E-state index in [0.29, 0.717) is 5.65 Å². The van der Waals surface area contributed by atoms with E-state index in [1.54, 1.807) is 12.1 Å². The van der Waals surface area contributed by atoms with Gasteiger partial charge < -0.3 is 5.11 Å². The second-order valence-electron chi connectivity index (χ2n) is 2.37. The summed E-state index contributed by atoms with van der Waals surface area (Å²) < 4.78 is 1.19. The molecule has 5 nitrogen and oxygen atoms in total. The van der Waals surface area contributed by atoms with Crippen LogP contribution in [0.1, 0.15) is 10.5 Å². The first-order chi connectivity index (χ1) is 6.18. The van der Waals surface area contributed by atoms with E-state index in [0.717, 1.165) is 0 Å². The van der Waals surface area contributed by atoms with Crippen molar-refractivity contribution in [3.63, 3.8) is 0 Å². The molecule has 1 N–H and O–H groups in total. The molecule has 0 saturated heterocycles. The van der Waals surface area contributed by atoms with E-state index in [2.05, 4.69) is 10.1 Å². The minimum atomic E-state index is -1.06. The molecule has 2 aromatic rings. The molecule has 6 heteroatoms. The van der Waals surface area contributed by atoms with Gasteiger partial charge in [0.2, 0.25) is 5.28 Å². The lowest BCUT2D eigenvalue weighted by Crippen LogP contribution is -2.05. The predicted octanol–water partition coefficient (Wildman–Crippen LogP) is 1.08. The van der Waals surface area contributed by atoms with Gasteiger partial charge in [-0.25, -0.2) is 9.31 Å². The Morgan fingerprint density at radius 3 is 3.00 bits per heavy atom. The molecule has 13 heavy (non-hydrogen) atoms. The highest BCUT2D eigenvalue weighted by molar-refractivity contribution is 6.28. The Bertz CT molecular complexity index is 480. The number of carbonyl (C=O) groups is 1. The summed E-state index contributed by atoms with van der Waals surface area (Å²) in [6.45, 7) is 0. The standard InChI is InChI=1S/C7H4ClN3O2/c8-7-9-5-3-1-2-4(6(12)13)11(5)10-7/h1-3H,(H,12,13). The van der Waals surface area contributed by atoms with Crippen LogP contribution >= 0.6 is 11.6 Å². The number of hydrogen-bond donors (Lipinski definition) is 1. The van der Waals surface area contributed by atoms with Crippen LogP contribution in [0.5, 0.6) is 0 Å². The van der Waals surface area contributed by atoms with Gasteiger partial charge in [-0.3, -0.25) is 0 Å². The van der Waals surface area contributed by atoms with E-state index in [4.69, 9.17) is 16.7 Å². The van der Waals surface area contributed by atoms with Crippen LogP contribution in [0, 0.1) is 0 Å². The fourth-order valence-corrected chi connectivity index (χ4v) is 1.20. The molecule has 0 aromatic carbocycles. The van der Waals surface area contributed by atoms with Crippen LogP contribution in [0.2, 0.25) is 5.28 Å². The van der Waals surface area contributed by atoms with Gasteiger partial charge in [0, 0.05) is 0 Å². The molecule has 66 valence electrons. The Labute approximate surface area is 77.6 Å². The molecule has 0 unspecified atom stereocenters. The number of aromatic carboxylic acids is 1. The van der Waals surface area contributed by atoms with Gasteiger partial charge in [-0.1, -0.05) is 6.07 Å². The van der Waals surface area contributed by atoms with E-state index >= 15 is 0 Å². The summed E-state index contributed by atoms with van der Waals surface area (Å²) in [6, 6.07) is 4.65. The highest BCUT2D eigenvalue weighted by atomic mass is 35.5. The minimum absolute atomic E-state index is 0.0358.